The Balaban J connectivity index is 1.48. The number of rotatable bonds is 6. The number of thiophene rings is 1. The lowest BCUT2D eigenvalue weighted by atomic mass is 10.2. The number of halogens is 1. The van der Waals surface area contributed by atoms with E-state index in [4.69, 9.17) is 16.6 Å². The molecule has 0 aliphatic rings. The molecule has 4 rings (SSSR count). The van der Waals surface area contributed by atoms with Crippen LogP contribution in [0.1, 0.15) is 17.5 Å². The van der Waals surface area contributed by atoms with Gasteiger partial charge in [0.2, 0.25) is 0 Å². The van der Waals surface area contributed by atoms with Crippen molar-refractivity contribution >= 4 is 46.0 Å². The van der Waals surface area contributed by atoms with Gasteiger partial charge in [-0.25, -0.2) is 4.98 Å². The first-order valence-electron chi connectivity index (χ1n) is 8.45. The van der Waals surface area contributed by atoms with Crippen LogP contribution in [0.3, 0.4) is 0 Å². The summed E-state index contributed by atoms with van der Waals surface area (Å²) in [5, 5.41) is 15.5. The molecular formula is C19H17ClN4S3. The fraction of sp³-hybridized carbons (Fsp3) is 0.211. The van der Waals surface area contributed by atoms with Crippen molar-refractivity contribution in [3.05, 3.63) is 56.7 Å². The molecule has 0 amide bonds. The summed E-state index contributed by atoms with van der Waals surface area (Å²) in [6.07, 6.45) is 1.04. The van der Waals surface area contributed by atoms with Crippen LogP contribution >= 0.6 is 46.0 Å². The summed E-state index contributed by atoms with van der Waals surface area (Å²) in [4.78, 5) is 6.08. The number of benzene rings is 1. The normalized spacial score (nSPS) is 11.2. The van der Waals surface area contributed by atoms with Gasteiger partial charge in [0, 0.05) is 39.6 Å². The Morgan fingerprint density at radius 2 is 2.00 bits per heavy atom. The number of thioether (sulfide) groups is 1. The molecule has 0 saturated carbocycles. The Labute approximate surface area is 175 Å². The molecule has 0 spiro atoms. The van der Waals surface area contributed by atoms with Gasteiger partial charge in [-0.2, -0.15) is 0 Å². The average molecular weight is 433 g/mol. The van der Waals surface area contributed by atoms with Gasteiger partial charge in [0.05, 0.1) is 10.7 Å². The van der Waals surface area contributed by atoms with E-state index in [0.29, 0.717) is 0 Å². The van der Waals surface area contributed by atoms with E-state index in [1.807, 2.05) is 35.9 Å². The van der Waals surface area contributed by atoms with Crippen LogP contribution in [0.5, 0.6) is 0 Å². The van der Waals surface area contributed by atoms with Crippen molar-refractivity contribution in [1.82, 2.24) is 19.7 Å². The van der Waals surface area contributed by atoms with E-state index in [2.05, 4.69) is 33.9 Å². The first-order valence-corrected chi connectivity index (χ1v) is 11.6. The molecule has 0 bridgehead atoms. The van der Waals surface area contributed by atoms with Crippen LogP contribution in [0.15, 0.2) is 46.2 Å². The molecule has 1 aromatic carbocycles. The zero-order chi connectivity index (χ0) is 18.8. The molecular weight excluding hydrogens is 416 g/mol. The fourth-order valence-electron chi connectivity index (χ4n) is 2.65. The average Bonchev–Trinajstić information content (AvgIpc) is 3.40. The molecule has 0 radical (unpaired) electrons. The maximum Gasteiger partial charge on any atom is 0.191 e. The quantitative estimate of drug-likeness (QED) is 0.341. The molecule has 3 aromatic heterocycles. The van der Waals surface area contributed by atoms with Gasteiger partial charge in [-0.3, -0.25) is 0 Å². The van der Waals surface area contributed by atoms with Crippen molar-refractivity contribution in [2.45, 2.75) is 24.3 Å². The molecule has 0 N–H and O–H groups in total. The molecule has 0 aliphatic carbocycles. The van der Waals surface area contributed by atoms with E-state index in [-0.39, 0.29) is 0 Å². The van der Waals surface area contributed by atoms with Gasteiger partial charge in [0.1, 0.15) is 5.01 Å². The standard InChI is InChI=1S/C19H17ClN4S3/c1-3-14-8-12(9-25-14)17-22-23-19(24(17)2)27-11-13-10-26-18(21-13)15-6-4-5-7-16(15)20/h4-10H,3,11H2,1-2H3. The first kappa shape index (κ1) is 18.7. The minimum absolute atomic E-state index is 0.728. The molecule has 8 heteroatoms. The van der Waals surface area contributed by atoms with Gasteiger partial charge in [-0.15, -0.1) is 32.9 Å². The lowest BCUT2D eigenvalue weighted by Crippen LogP contribution is -1.94. The summed E-state index contributed by atoms with van der Waals surface area (Å²) < 4.78 is 2.05. The lowest BCUT2D eigenvalue weighted by Gasteiger charge is -2.01. The predicted octanol–water partition coefficient (Wildman–Crippen LogP) is 6.18. The van der Waals surface area contributed by atoms with Crippen molar-refractivity contribution < 1.29 is 0 Å². The van der Waals surface area contributed by atoms with Crippen molar-refractivity contribution in [2.75, 3.05) is 0 Å². The van der Waals surface area contributed by atoms with Crippen molar-refractivity contribution in [3.63, 3.8) is 0 Å². The summed E-state index contributed by atoms with van der Waals surface area (Å²) in [6, 6.07) is 9.99. The Hall–Kier alpha value is -1.67. The van der Waals surface area contributed by atoms with E-state index in [1.165, 1.54) is 4.88 Å². The van der Waals surface area contributed by atoms with E-state index in [9.17, 15) is 0 Å². The number of aryl methyl sites for hydroxylation is 1. The molecule has 0 fully saturated rings. The second-order valence-electron chi connectivity index (χ2n) is 5.93. The third kappa shape index (κ3) is 3.96. The van der Waals surface area contributed by atoms with Gasteiger partial charge in [-0.1, -0.05) is 48.5 Å². The molecule has 27 heavy (non-hydrogen) atoms. The summed E-state index contributed by atoms with van der Waals surface area (Å²) in [5.74, 6) is 1.65. The van der Waals surface area contributed by atoms with Crippen LogP contribution in [-0.4, -0.2) is 19.7 Å². The maximum absolute atomic E-state index is 6.28. The van der Waals surface area contributed by atoms with Crippen LogP contribution in [0.25, 0.3) is 22.0 Å². The highest BCUT2D eigenvalue weighted by atomic mass is 35.5. The highest BCUT2D eigenvalue weighted by Crippen LogP contribution is 2.32. The second-order valence-corrected chi connectivity index (χ2v) is 9.14. The van der Waals surface area contributed by atoms with Crippen molar-refractivity contribution in [1.29, 1.82) is 0 Å². The topological polar surface area (TPSA) is 43.6 Å². The summed E-state index contributed by atoms with van der Waals surface area (Å²) in [7, 11) is 2.01. The highest BCUT2D eigenvalue weighted by molar-refractivity contribution is 7.98. The molecule has 0 aliphatic heterocycles. The summed E-state index contributed by atoms with van der Waals surface area (Å²) in [5.41, 5.74) is 3.13. The Kier molecular flexibility index (Phi) is 5.63. The molecule has 3 heterocycles. The van der Waals surface area contributed by atoms with E-state index in [1.54, 1.807) is 34.4 Å². The molecule has 138 valence electrons. The van der Waals surface area contributed by atoms with Gasteiger partial charge >= 0.3 is 0 Å². The van der Waals surface area contributed by atoms with E-state index < -0.39 is 0 Å². The van der Waals surface area contributed by atoms with Crippen LogP contribution in [0.2, 0.25) is 5.02 Å². The van der Waals surface area contributed by atoms with E-state index >= 15 is 0 Å². The smallest absolute Gasteiger partial charge is 0.191 e. The van der Waals surface area contributed by atoms with Gasteiger partial charge in [0.25, 0.3) is 0 Å². The SMILES string of the molecule is CCc1cc(-c2nnc(SCc3csc(-c4ccccc4Cl)n3)n2C)cs1. The number of aromatic nitrogens is 4. The number of hydrogen-bond donors (Lipinski definition) is 0. The largest absolute Gasteiger partial charge is 0.305 e. The van der Waals surface area contributed by atoms with Gasteiger partial charge in [-0.05, 0) is 18.6 Å². The van der Waals surface area contributed by atoms with Gasteiger partial charge < -0.3 is 4.57 Å². The van der Waals surface area contributed by atoms with Crippen molar-refractivity contribution in [2.24, 2.45) is 7.05 Å². The molecule has 0 saturated heterocycles. The third-order valence-corrected chi connectivity index (χ3v) is 7.49. The molecule has 4 nitrogen and oxygen atoms in total. The summed E-state index contributed by atoms with van der Waals surface area (Å²) >= 11 is 11.3. The number of thiazole rings is 1. The monoisotopic (exact) mass is 432 g/mol. The zero-order valence-corrected chi connectivity index (χ0v) is 18.1. The van der Waals surface area contributed by atoms with E-state index in [0.717, 1.165) is 50.0 Å². The Morgan fingerprint density at radius 1 is 1.15 bits per heavy atom. The minimum Gasteiger partial charge on any atom is -0.305 e. The van der Waals surface area contributed by atoms with Gasteiger partial charge in [0.15, 0.2) is 11.0 Å². The minimum atomic E-state index is 0.728. The number of hydrogen-bond acceptors (Lipinski definition) is 6. The molecule has 0 unspecified atom stereocenters. The first-order chi connectivity index (χ1) is 13.2. The zero-order valence-electron chi connectivity index (χ0n) is 14.8. The Morgan fingerprint density at radius 3 is 2.78 bits per heavy atom. The molecule has 4 aromatic rings. The number of nitrogens with zero attached hydrogens (tertiary/aromatic N) is 4. The van der Waals surface area contributed by atoms with Crippen LogP contribution in [-0.2, 0) is 19.2 Å². The summed E-state index contributed by atoms with van der Waals surface area (Å²) in [6.45, 7) is 2.16. The molecule has 0 atom stereocenters. The lowest BCUT2D eigenvalue weighted by molar-refractivity contribution is 0.793. The van der Waals surface area contributed by atoms with Crippen LogP contribution < -0.4 is 0 Å². The fourth-order valence-corrected chi connectivity index (χ4v) is 5.51. The second kappa shape index (κ2) is 8.14. The van der Waals surface area contributed by atoms with Crippen LogP contribution in [0.4, 0.5) is 0 Å². The predicted molar refractivity (Wildman–Crippen MR) is 116 cm³/mol. The Bertz CT molecular complexity index is 1070. The van der Waals surface area contributed by atoms with Crippen LogP contribution in [0, 0.1) is 0 Å². The van der Waals surface area contributed by atoms with Crippen molar-refractivity contribution in [3.8, 4) is 22.0 Å². The third-order valence-electron chi connectivity index (χ3n) is 4.10. The maximum atomic E-state index is 6.28. The highest BCUT2D eigenvalue weighted by Gasteiger charge is 2.14.